The normalized spacial score (nSPS) is 17.4. The van der Waals surface area contributed by atoms with Crippen molar-refractivity contribution < 1.29 is 4.79 Å². The van der Waals surface area contributed by atoms with E-state index in [1.165, 1.54) is 0 Å². The van der Waals surface area contributed by atoms with Crippen LogP contribution in [-0.4, -0.2) is 35.0 Å². The fourth-order valence-corrected chi connectivity index (χ4v) is 3.04. The van der Waals surface area contributed by atoms with Crippen LogP contribution in [0.2, 0.25) is 0 Å². The number of hydrogen-bond acceptors (Lipinski definition) is 5. The smallest absolute Gasteiger partial charge is 0.225 e. The molecule has 3 N–H and O–H groups in total. The van der Waals surface area contributed by atoms with Crippen molar-refractivity contribution in [1.82, 2.24) is 15.3 Å². The monoisotopic (exact) mass is 397 g/mol. The lowest BCUT2D eigenvalue weighted by atomic mass is 10.0. The number of carbonyl (C=O) groups excluding carboxylic acids is 1. The van der Waals surface area contributed by atoms with Crippen LogP contribution in [0.4, 0.5) is 5.95 Å². The van der Waals surface area contributed by atoms with Gasteiger partial charge in [-0.2, -0.15) is 0 Å². The molecule has 1 aromatic carbocycles. The Bertz CT molecular complexity index is 659. The van der Waals surface area contributed by atoms with E-state index in [2.05, 4.69) is 20.2 Å². The summed E-state index contributed by atoms with van der Waals surface area (Å²) >= 11 is 0. The number of carbonyl (C=O) groups is 1. The van der Waals surface area contributed by atoms with Gasteiger partial charge >= 0.3 is 0 Å². The largest absolute Gasteiger partial charge is 0.352 e. The Morgan fingerprint density at radius 1 is 1.19 bits per heavy atom. The Kier molecular flexibility index (Phi) is 9.34. The molecule has 2 atom stereocenters. The molecule has 3 rings (SSSR count). The molecule has 1 saturated heterocycles. The molecule has 1 aliphatic heterocycles. The summed E-state index contributed by atoms with van der Waals surface area (Å²) in [6, 6.07) is 11.4. The zero-order chi connectivity index (χ0) is 16.8. The number of hydrogen-bond donors (Lipinski definition) is 2. The summed E-state index contributed by atoms with van der Waals surface area (Å²) in [5.74, 6) is 0.713. The molecule has 0 spiro atoms. The minimum atomic E-state index is -0.275. The molecule has 2 aromatic rings. The molecule has 0 aliphatic carbocycles. The molecular weight excluding hydrogens is 373 g/mol. The first kappa shape index (κ1) is 22.2. The van der Waals surface area contributed by atoms with E-state index < -0.39 is 0 Å². The topological polar surface area (TPSA) is 84.1 Å². The van der Waals surface area contributed by atoms with Crippen LogP contribution >= 0.6 is 24.8 Å². The van der Waals surface area contributed by atoms with Gasteiger partial charge in [0.05, 0.1) is 0 Å². The molecule has 26 heavy (non-hydrogen) atoms. The zero-order valence-electron chi connectivity index (χ0n) is 14.5. The van der Waals surface area contributed by atoms with Crippen molar-refractivity contribution in [1.29, 1.82) is 0 Å². The molecule has 6 nitrogen and oxygen atoms in total. The van der Waals surface area contributed by atoms with Gasteiger partial charge in [-0.05, 0) is 24.5 Å². The quantitative estimate of drug-likeness (QED) is 0.809. The minimum Gasteiger partial charge on any atom is -0.352 e. The van der Waals surface area contributed by atoms with Gasteiger partial charge in [0, 0.05) is 44.0 Å². The maximum atomic E-state index is 12.3. The molecule has 2 heterocycles. The number of benzene rings is 1. The van der Waals surface area contributed by atoms with Crippen molar-refractivity contribution in [2.75, 3.05) is 18.0 Å². The van der Waals surface area contributed by atoms with E-state index in [4.69, 9.17) is 5.73 Å². The highest BCUT2D eigenvalue weighted by Crippen LogP contribution is 2.17. The first-order valence-corrected chi connectivity index (χ1v) is 8.34. The summed E-state index contributed by atoms with van der Waals surface area (Å²) in [6.07, 6.45) is 5.75. The van der Waals surface area contributed by atoms with Crippen molar-refractivity contribution in [2.45, 2.75) is 31.3 Å². The fourth-order valence-electron chi connectivity index (χ4n) is 3.04. The third kappa shape index (κ3) is 6.12. The SMILES string of the molecule is Cl.Cl.NC(CC(=O)NC1CCCN(c2ncccn2)C1)c1ccccc1. The molecule has 0 bridgehead atoms. The Balaban J connectivity index is 0.00000169. The number of nitrogens with one attached hydrogen (secondary N) is 1. The van der Waals surface area contributed by atoms with E-state index >= 15 is 0 Å². The minimum absolute atomic E-state index is 0. The van der Waals surface area contributed by atoms with Crippen molar-refractivity contribution in [3.8, 4) is 0 Å². The molecule has 1 fully saturated rings. The van der Waals surface area contributed by atoms with Gasteiger partial charge in [-0.25, -0.2) is 9.97 Å². The predicted molar refractivity (Wildman–Crippen MR) is 108 cm³/mol. The summed E-state index contributed by atoms with van der Waals surface area (Å²) < 4.78 is 0. The van der Waals surface area contributed by atoms with Crippen LogP contribution in [0.5, 0.6) is 0 Å². The van der Waals surface area contributed by atoms with Crippen LogP contribution in [0.25, 0.3) is 0 Å². The molecule has 8 heteroatoms. The highest BCUT2D eigenvalue weighted by atomic mass is 35.5. The first-order chi connectivity index (χ1) is 11.7. The summed E-state index contributed by atoms with van der Waals surface area (Å²) in [5, 5.41) is 3.10. The van der Waals surface area contributed by atoms with Gasteiger partial charge in [-0.1, -0.05) is 30.3 Å². The van der Waals surface area contributed by atoms with E-state index in [0.29, 0.717) is 6.42 Å². The maximum Gasteiger partial charge on any atom is 0.225 e. The summed E-state index contributed by atoms with van der Waals surface area (Å²) in [5.41, 5.74) is 7.11. The number of halogens is 2. The average molecular weight is 398 g/mol. The average Bonchev–Trinajstić information content (AvgIpc) is 2.63. The number of piperidine rings is 1. The lowest BCUT2D eigenvalue weighted by Crippen LogP contribution is -2.48. The van der Waals surface area contributed by atoms with Crippen molar-refractivity contribution in [2.24, 2.45) is 5.73 Å². The van der Waals surface area contributed by atoms with Crippen LogP contribution in [0.15, 0.2) is 48.8 Å². The molecule has 1 aliphatic rings. The number of aromatic nitrogens is 2. The zero-order valence-corrected chi connectivity index (χ0v) is 16.1. The Labute approximate surface area is 166 Å². The van der Waals surface area contributed by atoms with Gasteiger partial charge in [0.25, 0.3) is 0 Å². The second kappa shape index (κ2) is 11.0. The third-order valence-corrected chi connectivity index (χ3v) is 4.25. The molecule has 1 amide bonds. The van der Waals surface area contributed by atoms with Gasteiger partial charge in [0.1, 0.15) is 0 Å². The van der Waals surface area contributed by atoms with Gasteiger partial charge < -0.3 is 16.0 Å². The second-order valence-corrected chi connectivity index (χ2v) is 6.12. The predicted octanol–water partition coefficient (Wildman–Crippen LogP) is 2.50. The van der Waals surface area contributed by atoms with Gasteiger partial charge in [-0.3, -0.25) is 4.79 Å². The maximum absolute atomic E-state index is 12.3. The number of nitrogens with two attached hydrogens (primary N) is 1. The Morgan fingerprint density at radius 2 is 1.88 bits per heavy atom. The van der Waals surface area contributed by atoms with Crippen LogP contribution in [0, 0.1) is 0 Å². The Morgan fingerprint density at radius 3 is 2.58 bits per heavy atom. The van der Waals surface area contributed by atoms with E-state index in [0.717, 1.165) is 37.4 Å². The van der Waals surface area contributed by atoms with Gasteiger partial charge in [-0.15, -0.1) is 24.8 Å². The number of nitrogens with zero attached hydrogens (tertiary/aromatic N) is 3. The number of anilines is 1. The highest BCUT2D eigenvalue weighted by Gasteiger charge is 2.23. The summed E-state index contributed by atoms with van der Waals surface area (Å²) in [4.78, 5) is 23.0. The standard InChI is InChI=1S/C18H23N5O.2ClH/c19-16(14-6-2-1-3-7-14)12-17(24)22-15-8-4-11-23(13-15)18-20-9-5-10-21-18;;/h1-3,5-7,9-10,15-16H,4,8,11-13,19H2,(H,22,24);2*1H. The van der Waals surface area contributed by atoms with Gasteiger partial charge in [0.2, 0.25) is 11.9 Å². The highest BCUT2D eigenvalue weighted by molar-refractivity contribution is 5.85. The van der Waals surface area contributed by atoms with Crippen LogP contribution in [0.1, 0.15) is 30.9 Å². The second-order valence-electron chi connectivity index (χ2n) is 6.12. The molecule has 0 radical (unpaired) electrons. The van der Waals surface area contributed by atoms with Crippen LogP contribution < -0.4 is 16.0 Å². The van der Waals surface area contributed by atoms with Crippen LogP contribution in [0.3, 0.4) is 0 Å². The first-order valence-electron chi connectivity index (χ1n) is 8.34. The lowest BCUT2D eigenvalue weighted by molar-refractivity contribution is -0.122. The van der Waals surface area contributed by atoms with Crippen molar-refractivity contribution in [3.05, 3.63) is 54.4 Å². The van der Waals surface area contributed by atoms with E-state index in [1.807, 2.05) is 30.3 Å². The van der Waals surface area contributed by atoms with Crippen molar-refractivity contribution >= 4 is 36.7 Å². The molecule has 2 unspecified atom stereocenters. The van der Waals surface area contributed by atoms with E-state index in [1.54, 1.807) is 18.5 Å². The summed E-state index contributed by atoms with van der Waals surface area (Å²) in [7, 11) is 0. The van der Waals surface area contributed by atoms with Crippen molar-refractivity contribution in [3.63, 3.8) is 0 Å². The lowest BCUT2D eigenvalue weighted by Gasteiger charge is -2.33. The molecule has 1 aromatic heterocycles. The van der Waals surface area contributed by atoms with E-state index in [9.17, 15) is 4.79 Å². The fraction of sp³-hybridized carbons (Fsp3) is 0.389. The molecule has 142 valence electrons. The molecular formula is C18H25Cl2N5O. The third-order valence-electron chi connectivity index (χ3n) is 4.25. The number of rotatable bonds is 5. The van der Waals surface area contributed by atoms with E-state index in [-0.39, 0.29) is 42.8 Å². The van der Waals surface area contributed by atoms with Gasteiger partial charge in [0.15, 0.2) is 0 Å². The number of amides is 1. The molecule has 0 saturated carbocycles. The Hall–Kier alpha value is -1.89. The van der Waals surface area contributed by atoms with Crippen LogP contribution in [-0.2, 0) is 4.79 Å². The summed E-state index contributed by atoms with van der Waals surface area (Å²) in [6.45, 7) is 1.65.